The highest BCUT2D eigenvalue weighted by molar-refractivity contribution is 7.17. The van der Waals surface area contributed by atoms with E-state index < -0.39 is 0 Å². The fourth-order valence-electron chi connectivity index (χ4n) is 1.29. The monoisotopic (exact) mass is 212 g/mol. The van der Waals surface area contributed by atoms with Gasteiger partial charge in [-0.3, -0.25) is 4.79 Å². The third kappa shape index (κ3) is 2.32. The largest absolute Gasteiger partial charge is 0.351 e. The summed E-state index contributed by atoms with van der Waals surface area (Å²) >= 11 is 1.48. The zero-order chi connectivity index (χ0) is 10.6. The average Bonchev–Trinajstić information content (AvgIpc) is 2.61. The minimum Gasteiger partial charge on any atom is -0.351 e. The molecule has 1 rings (SSSR count). The van der Waals surface area contributed by atoms with Crippen molar-refractivity contribution in [3.63, 3.8) is 0 Å². The molecule has 0 N–H and O–H groups in total. The fourth-order valence-corrected chi connectivity index (χ4v) is 2.25. The van der Waals surface area contributed by atoms with Gasteiger partial charge < -0.3 is 4.90 Å². The molecule has 0 bridgehead atoms. The van der Waals surface area contributed by atoms with Crippen LogP contribution >= 0.6 is 11.3 Å². The fraction of sp³-hybridized carbons (Fsp3) is 0.600. The number of rotatable bonds is 5. The minimum atomic E-state index is 0.769. The normalized spacial score (nSPS) is 10.2. The van der Waals surface area contributed by atoms with Crippen LogP contribution in [0.15, 0.2) is 0 Å². The first-order chi connectivity index (χ1) is 6.72. The molecule has 1 heterocycles. The number of carbonyl (C=O) groups excluding carboxylic acids is 1. The topological polar surface area (TPSA) is 33.2 Å². The molecular weight excluding hydrogens is 196 g/mol. The van der Waals surface area contributed by atoms with Crippen LogP contribution in [-0.4, -0.2) is 24.9 Å². The Kier molecular flexibility index (Phi) is 4.07. The smallest absolute Gasteiger partial charge is 0.185 e. The van der Waals surface area contributed by atoms with Crippen LogP contribution in [0.25, 0.3) is 0 Å². The lowest BCUT2D eigenvalue weighted by Crippen LogP contribution is -2.17. The molecule has 14 heavy (non-hydrogen) atoms. The van der Waals surface area contributed by atoms with Gasteiger partial charge in [0, 0.05) is 13.6 Å². The number of anilines is 1. The first kappa shape index (κ1) is 11.2. The Morgan fingerprint density at radius 1 is 1.50 bits per heavy atom. The Labute approximate surface area is 88.8 Å². The van der Waals surface area contributed by atoms with Gasteiger partial charge in [-0.1, -0.05) is 25.2 Å². The number of hydrogen-bond donors (Lipinski definition) is 0. The highest BCUT2D eigenvalue weighted by Crippen LogP contribution is 2.24. The second kappa shape index (κ2) is 5.10. The molecule has 3 nitrogen and oxygen atoms in total. The van der Waals surface area contributed by atoms with E-state index in [-0.39, 0.29) is 0 Å². The van der Waals surface area contributed by atoms with Gasteiger partial charge in [0.2, 0.25) is 0 Å². The van der Waals surface area contributed by atoms with Gasteiger partial charge >= 0.3 is 0 Å². The van der Waals surface area contributed by atoms with Gasteiger partial charge in [0.25, 0.3) is 0 Å². The Hall–Kier alpha value is -0.900. The lowest BCUT2D eigenvalue weighted by Gasteiger charge is -2.13. The number of aromatic nitrogens is 1. The molecule has 0 radical (unpaired) electrons. The predicted octanol–water partition coefficient (Wildman–Crippen LogP) is 2.36. The van der Waals surface area contributed by atoms with E-state index in [1.165, 1.54) is 11.3 Å². The maximum atomic E-state index is 10.7. The number of thiazole rings is 1. The van der Waals surface area contributed by atoms with Crippen molar-refractivity contribution in [1.82, 2.24) is 4.98 Å². The van der Waals surface area contributed by atoms with Crippen molar-refractivity contribution >= 4 is 22.8 Å². The van der Waals surface area contributed by atoms with Gasteiger partial charge in [-0.15, -0.1) is 0 Å². The number of nitrogens with zero attached hydrogens (tertiary/aromatic N) is 2. The lowest BCUT2D eigenvalue weighted by molar-refractivity contribution is 0.112. The van der Waals surface area contributed by atoms with Crippen LogP contribution in [0, 0.1) is 0 Å². The molecule has 0 aliphatic rings. The number of hydrogen-bond acceptors (Lipinski definition) is 4. The summed E-state index contributed by atoms with van der Waals surface area (Å²) < 4.78 is 0. The molecule has 0 saturated heterocycles. The maximum absolute atomic E-state index is 10.7. The van der Waals surface area contributed by atoms with E-state index in [0.717, 1.165) is 41.4 Å². The van der Waals surface area contributed by atoms with E-state index in [1.807, 2.05) is 14.0 Å². The molecule has 0 aromatic carbocycles. The molecule has 0 amide bonds. The van der Waals surface area contributed by atoms with Crippen molar-refractivity contribution in [2.24, 2.45) is 0 Å². The number of carbonyl (C=O) groups is 1. The molecule has 0 fully saturated rings. The summed E-state index contributed by atoms with van der Waals surface area (Å²) in [5.41, 5.74) is 0.919. The Balaban J connectivity index is 2.88. The van der Waals surface area contributed by atoms with Crippen molar-refractivity contribution in [2.75, 3.05) is 18.5 Å². The van der Waals surface area contributed by atoms with E-state index in [0.29, 0.717) is 0 Å². The van der Waals surface area contributed by atoms with Gasteiger partial charge in [0.15, 0.2) is 11.4 Å². The van der Waals surface area contributed by atoms with Gasteiger partial charge in [-0.05, 0) is 12.8 Å². The van der Waals surface area contributed by atoms with Crippen molar-refractivity contribution in [1.29, 1.82) is 0 Å². The summed E-state index contributed by atoms with van der Waals surface area (Å²) in [5.74, 6) is 0. The van der Waals surface area contributed by atoms with Crippen LogP contribution < -0.4 is 4.90 Å². The van der Waals surface area contributed by atoms with Gasteiger partial charge in [-0.2, -0.15) is 0 Å². The van der Waals surface area contributed by atoms with Gasteiger partial charge in [0.1, 0.15) is 0 Å². The van der Waals surface area contributed by atoms with Crippen molar-refractivity contribution in [3.8, 4) is 0 Å². The van der Waals surface area contributed by atoms with Gasteiger partial charge in [-0.25, -0.2) is 4.98 Å². The lowest BCUT2D eigenvalue weighted by atomic mass is 10.3. The second-order valence-corrected chi connectivity index (χ2v) is 4.21. The summed E-state index contributed by atoms with van der Waals surface area (Å²) in [6.45, 7) is 5.13. The van der Waals surface area contributed by atoms with E-state index in [1.54, 1.807) is 0 Å². The third-order valence-electron chi connectivity index (χ3n) is 2.04. The van der Waals surface area contributed by atoms with Crippen LogP contribution in [0.3, 0.4) is 0 Å². The summed E-state index contributed by atoms with van der Waals surface area (Å²) in [7, 11) is 2.01. The maximum Gasteiger partial charge on any atom is 0.185 e. The Bertz CT molecular complexity index is 309. The highest BCUT2D eigenvalue weighted by Gasteiger charge is 2.11. The molecule has 78 valence electrons. The molecule has 0 aliphatic carbocycles. The quantitative estimate of drug-likeness (QED) is 0.702. The summed E-state index contributed by atoms with van der Waals surface area (Å²) in [4.78, 5) is 18.0. The highest BCUT2D eigenvalue weighted by atomic mass is 32.1. The Morgan fingerprint density at radius 2 is 2.21 bits per heavy atom. The van der Waals surface area contributed by atoms with Crippen molar-refractivity contribution < 1.29 is 4.79 Å². The third-order valence-corrected chi connectivity index (χ3v) is 3.18. The van der Waals surface area contributed by atoms with Crippen molar-refractivity contribution in [2.45, 2.75) is 26.7 Å². The van der Waals surface area contributed by atoms with Crippen molar-refractivity contribution in [3.05, 3.63) is 10.6 Å². The van der Waals surface area contributed by atoms with Gasteiger partial charge in [0.05, 0.1) is 10.6 Å². The number of aryl methyl sites for hydroxylation is 1. The SMILES string of the molecule is CCCN(C)c1nc(CC)c(C=O)s1. The molecule has 0 spiro atoms. The molecule has 1 aromatic rings. The summed E-state index contributed by atoms with van der Waals surface area (Å²) in [5, 5.41) is 0.950. The molecule has 0 unspecified atom stereocenters. The molecular formula is C10H16N2OS. The first-order valence-electron chi connectivity index (χ1n) is 4.88. The van der Waals surface area contributed by atoms with Crippen LogP contribution in [-0.2, 0) is 6.42 Å². The summed E-state index contributed by atoms with van der Waals surface area (Å²) in [6.07, 6.45) is 2.82. The zero-order valence-electron chi connectivity index (χ0n) is 8.91. The first-order valence-corrected chi connectivity index (χ1v) is 5.70. The molecule has 4 heteroatoms. The van der Waals surface area contributed by atoms with E-state index >= 15 is 0 Å². The second-order valence-electron chi connectivity index (χ2n) is 3.20. The average molecular weight is 212 g/mol. The van der Waals surface area contributed by atoms with Crippen LogP contribution in [0.5, 0.6) is 0 Å². The zero-order valence-corrected chi connectivity index (χ0v) is 9.73. The standard InChI is InChI=1S/C10H16N2OS/c1-4-6-12(3)10-11-8(5-2)9(7-13)14-10/h7H,4-6H2,1-3H3. The van der Waals surface area contributed by atoms with E-state index in [2.05, 4.69) is 16.8 Å². The van der Waals surface area contributed by atoms with E-state index in [9.17, 15) is 4.79 Å². The molecule has 0 atom stereocenters. The minimum absolute atomic E-state index is 0.769. The van der Waals surface area contributed by atoms with E-state index in [4.69, 9.17) is 0 Å². The summed E-state index contributed by atoms with van der Waals surface area (Å²) in [6, 6.07) is 0. The molecule has 0 saturated carbocycles. The number of aldehydes is 1. The predicted molar refractivity (Wildman–Crippen MR) is 60.4 cm³/mol. The van der Waals surface area contributed by atoms with Crippen LogP contribution in [0.1, 0.15) is 35.6 Å². The van der Waals surface area contributed by atoms with Crippen LogP contribution in [0.4, 0.5) is 5.13 Å². The molecule has 0 aliphatic heterocycles. The van der Waals surface area contributed by atoms with Crippen LogP contribution in [0.2, 0.25) is 0 Å². The Morgan fingerprint density at radius 3 is 2.64 bits per heavy atom. The molecule has 1 aromatic heterocycles.